The molecule has 2 aliphatic heterocycles. The van der Waals surface area contributed by atoms with E-state index in [1.807, 2.05) is 4.90 Å². The Labute approximate surface area is 143 Å². The minimum absolute atomic E-state index is 0.113. The van der Waals surface area contributed by atoms with Crippen LogP contribution in [0.3, 0.4) is 0 Å². The quantitative estimate of drug-likeness (QED) is 0.835. The molecule has 1 N–H and O–H groups in total. The molecule has 0 bridgehead atoms. The molecule has 3 fully saturated rings. The Morgan fingerprint density at radius 1 is 1.00 bits per heavy atom. The number of alkyl halides is 3. The highest BCUT2D eigenvalue weighted by molar-refractivity contribution is 4.93. The summed E-state index contributed by atoms with van der Waals surface area (Å²) in [7, 11) is 0. The molecule has 1 unspecified atom stereocenters. The normalized spacial score (nSPS) is 29.9. The van der Waals surface area contributed by atoms with E-state index in [-0.39, 0.29) is 12.1 Å². The predicted molar refractivity (Wildman–Crippen MR) is 88.1 cm³/mol. The van der Waals surface area contributed by atoms with Gasteiger partial charge in [-0.1, -0.05) is 19.3 Å². The van der Waals surface area contributed by atoms with Crippen LogP contribution in [0.25, 0.3) is 0 Å². The van der Waals surface area contributed by atoms with Gasteiger partial charge in [0.15, 0.2) is 0 Å². The standard InChI is InChI=1S/C18H31F3N2O/c19-18(20,21)9-12-23-10-4-15(5-11-23)22-16-6-13-24-17(14-16)7-2-1-3-8-17/h15-16,22H,1-14H2. The summed E-state index contributed by atoms with van der Waals surface area (Å²) in [6.45, 7) is 2.56. The van der Waals surface area contributed by atoms with Gasteiger partial charge >= 0.3 is 6.18 Å². The summed E-state index contributed by atoms with van der Waals surface area (Å²) in [5.74, 6) is 0. The minimum atomic E-state index is -4.04. The van der Waals surface area contributed by atoms with E-state index in [9.17, 15) is 13.2 Å². The van der Waals surface area contributed by atoms with Crippen LogP contribution in [0.4, 0.5) is 13.2 Å². The van der Waals surface area contributed by atoms with Crippen LogP contribution in [0.5, 0.6) is 0 Å². The van der Waals surface area contributed by atoms with Gasteiger partial charge in [-0.15, -0.1) is 0 Å². The van der Waals surface area contributed by atoms with E-state index in [1.54, 1.807) is 0 Å². The second-order valence-corrected chi connectivity index (χ2v) is 7.93. The number of nitrogens with zero attached hydrogens (tertiary/aromatic N) is 1. The van der Waals surface area contributed by atoms with Crippen LogP contribution in [0.1, 0.15) is 64.2 Å². The van der Waals surface area contributed by atoms with Gasteiger partial charge in [-0.05, 0) is 51.6 Å². The maximum Gasteiger partial charge on any atom is 0.390 e. The average Bonchev–Trinajstić information content (AvgIpc) is 2.54. The van der Waals surface area contributed by atoms with Gasteiger partial charge in [0.1, 0.15) is 0 Å². The number of likely N-dealkylation sites (tertiary alicyclic amines) is 1. The Bertz CT molecular complexity index is 383. The lowest BCUT2D eigenvalue weighted by atomic mass is 9.78. The van der Waals surface area contributed by atoms with Crippen LogP contribution in [0, 0.1) is 0 Å². The lowest BCUT2D eigenvalue weighted by Crippen LogP contribution is -2.52. The first-order valence-corrected chi connectivity index (χ1v) is 9.63. The maximum atomic E-state index is 12.3. The highest BCUT2D eigenvalue weighted by Crippen LogP contribution is 2.38. The lowest BCUT2D eigenvalue weighted by Gasteiger charge is -2.45. The van der Waals surface area contributed by atoms with Crippen molar-refractivity contribution in [3.05, 3.63) is 0 Å². The molecule has 3 aliphatic rings. The van der Waals surface area contributed by atoms with Crippen LogP contribution < -0.4 is 5.32 Å². The maximum absolute atomic E-state index is 12.3. The Hall–Kier alpha value is -0.330. The van der Waals surface area contributed by atoms with E-state index in [4.69, 9.17) is 4.74 Å². The first-order valence-electron chi connectivity index (χ1n) is 9.63. The number of halogens is 3. The molecule has 0 radical (unpaired) electrons. The van der Waals surface area contributed by atoms with Gasteiger partial charge in [-0.2, -0.15) is 13.2 Å². The molecule has 0 aromatic heterocycles. The monoisotopic (exact) mass is 348 g/mol. The first kappa shape index (κ1) is 18.5. The van der Waals surface area contributed by atoms with Crippen molar-refractivity contribution in [1.29, 1.82) is 0 Å². The van der Waals surface area contributed by atoms with Gasteiger partial charge in [0.2, 0.25) is 0 Å². The minimum Gasteiger partial charge on any atom is -0.375 e. The largest absolute Gasteiger partial charge is 0.390 e. The highest BCUT2D eigenvalue weighted by Gasteiger charge is 2.39. The third kappa shape index (κ3) is 5.33. The van der Waals surface area contributed by atoms with Gasteiger partial charge in [0.25, 0.3) is 0 Å². The van der Waals surface area contributed by atoms with Crippen LogP contribution in [0.15, 0.2) is 0 Å². The van der Waals surface area contributed by atoms with Gasteiger partial charge in [-0.3, -0.25) is 0 Å². The molecule has 1 aliphatic carbocycles. The van der Waals surface area contributed by atoms with E-state index in [0.29, 0.717) is 12.1 Å². The van der Waals surface area contributed by atoms with E-state index in [0.717, 1.165) is 45.4 Å². The zero-order chi connectivity index (χ0) is 17.0. The molecule has 0 amide bonds. The summed E-state index contributed by atoms with van der Waals surface area (Å²) in [5, 5.41) is 3.79. The third-order valence-corrected chi connectivity index (χ3v) is 6.03. The number of ether oxygens (including phenoxy) is 1. The fourth-order valence-electron chi connectivity index (χ4n) is 4.66. The molecule has 3 rings (SSSR count). The van der Waals surface area contributed by atoms with Crippen LogP contribution in [-0.2, 0) is 4.74 Å². The number of nitrogens with one attached hydrogen (secondary N) is 1. The molecule has 1 atom stereocenters. The fourth-order valence-corrected chi connectivity index (χ4v) is 4.66. The van der Waals surface area contributed by atoms with Crippen molar-refractivity contribution < 1.29 is 17.9 Å². The van der Waals surface area contributed by atoms with Crippen molar-refractivity contribution in [3.63, 3.8) is 0 Å². The van der Waals surface area contributed by atoms with Gasteiger partial charge < -0.3 is 15.0 Å². The SMILES string of the molecule is FC(F)(F)CCN1CCC(NC2CCOC3(CCCCC3)C2)CC1. The Balaban J connectivity index is 1.39. The van der Waals surface area contributed by atoms with E-state index in [1.165, 1.54) is 32.1 Å². The smallest absolute Gasteiger partial charge is 0.375 e. The van der Waals surface area contributed by atoms with Crippen molar-refractivity contribution >= 4 is 0 Å². The van der Waals surface area contributed by atoms with Crippen LogP contribution in [0.2, 0.25) is 0 Å². The Morgan fingerprint density at radius 2 is 1.71 bits per heavy atom. The van der Waals surface area contributed by atoms with Crippen molar-refractivity contribution in [2.45, 2.75) is 88.1 Å². The molecular formula is C18H31F3N2O. The van der Waals surface area contributed by atoms with Crippen LogP contribution >= 0.6 is 0 Å². The van der Waals surface area contributed by atoms with Crippen molar-refractivity contribution in [2.24, 2.45) is 0 Å². The van der Waals surface area contributed by atoms with Gasteiger partial charge in [-0.25, -0.2) is 0 Å². The summed E-state index contributed by atoms with van der Waals surface area (Å²) in [6.07, 6.45) is 5.66. The Morgan fingerprint density at radius 3 is 2.38 bits per heavy atom. The first-order chi connectivity index (χ1) is 11.4. The summed E-state index contributed by atoms with van der Waals surface area (Å²) >= 11 is 0. The zero-order valence-corrected chi connectivity index (χ0v) is 14.5. The molecule has 2 saturated heterocycles. The second kappa shape index (κ2) is 7.92. The topological polar surface area (TPSA) is 24.5 Å². The van der Waals surface area contributed by atoms with Crippen molar-refractivity contribution in [1.82, 2.24) is 10.2 Å². The fraction of sp³-hybridized carbons (Fsp3) is 1.00. The molecule has 1 spiro atoms. The van der Waals surface area contributed by atoms with E-state index >= 15 is 0 Å². The molecule has 3 nitrogen and oxygen atoms in total. The van der Waals surface area contributed by atoms with Gasteiger partial charge in [0.05, 0.1) is 12.0 Å². The molecule has 0 aromatic carbocycles. The molecular weight excluding hydrogens is 317 g/mol. The Kier molecular flexibility index (Phi) is 6.09. The molecule has 1 saturated carbocycles. The number of hydrogen-bond donors (Lipinski definition) is 1. The van der Waals surface area contributed by atoms with Crippen molar-refractivity contribution in [3.8, 4) is 0 Å². The summed E-state index contributed by atoms with van der Waals surface area (Å²) in [5.41, 5.74) is 0.113. The van der Waals surface area contributed by atoms with Crippen molar-refractivity contribution in [2.75, 3.05) is 26.2 Å². The van der Waals surface area contributed by atoms with Crippen LogP contribution in [-0.4, -0.2) is 55.0 Å². The zero-order valence-electron chi connectivity index (χ0n) is 14.5. The predicted octanol–water partition coefficient (Wildman–Crippen LogP) is 3.87. The third-order valence-electron chi connectivity index (χ3n) is 6.03. The van der Waals surface area contributed by atoms with E-state index in [2.05, 4.69) is 5.32 Å². The highest BCUT2D eigenvalue weighted by atomic mass is 19.4. The average molecular weight is 348 g/mol. The lowest BCUT2D eigenvalue weighted by molar-refractivity contribution is -0.138. The summed E-state index contributed by atoms with van der Waals surface area (Å²) in [4.78, 5) is 1.96. The summed E-state index contributed by atoms with van der Waals surface area (Å²) < 4.78 is 43.1. The molecule has 24 heavy (non-hydrogen) atoms. The van der Waals surface area contributed by atoms with Gasteiger partial charge in [0, 0.05) is 25.2 Å². The molecule has 140 valence electrons. The molecule has 2 heterocycles. The van der Waals surface area contributed by atoms with E-state index < -0.39 is 12.6 Å². The summed E-state index contributed by atoms with van der Waals surface area (Å²) in [6, 6.07) is 0.972. The number of rotatable bonds is 4. The number of piperidine rings is 1. The number of hydrogen-bond acceptors (Lipinski definition) is 3. The second-order valence-electron chi connectivity index (χ2n) is 7.93. The molecule has 0 aromatic rings. The molecule has 6 heteroatoms.